The summed E-state index contributed by atoms with van der Waals surface area (Å²) in [7, 11) is -0.719. The van der Waals surface area contributed by atoms with Gasteiger partial charge in [-0.15, -0.1) is 0 Å². The molecule has 1 saturated heterocycles. The van der Waals surface area contributed by atoms with Gasteiger partial charge in [0.15, 0.2) is 0 Å². The molecule has 1 atom stereocenters. The highest BCUT2D eigenvalue weighted by atomic mass is 79.9. The standard InChI is InChI=1S/C21H25BrN2O4S/c1-4-28-17-10-7-15(8-11-17)19-6-5-13-24(19)21(25)16-9-12-18(22)20(14-16)29(26,27)23(2)3/h7-12,14,19H,4-6,13H2,1-3H3. The molecule has 1 amide bonds. The lowest BCUT2D eigenvalue weighted by Crippen LogP contribution is -2.31. The zero-order chi connectivity index (χ0) is 21.2. The molecule has 1 aliphatic heterocycles. The molecule has 1 unspecified atom stereocenters. The summed E-state index contributed by atoms with van der Waals surface area (Å²) >= 11 is 3.29. The van der Waals surface area contributed by atoms with Gasteiger partial charge in [-0.3, -0.25) is 4.79 Å². The molecule has 1 aliphatic rings. The third kappa shape index (κ3) is 4.49. The second-order valence-electron chi connectivity index (χ2n) is 7.09. The van der Waals surface area contributed by atoms with E-state index in [-0.39, 0.29) is 16.8 Å². The molecular weight excluding hydrogens is 456 g/mol. The van der Waals surface area contributed by atoms with E-state index < -0.39 is 10.0 Å². The molecular formula is C21H25BrN2O4S. The average molecular weight is 481 g/mol. The Morgan fingerprint density at radius 2 is 1.90 bits per heavy atom. The number of ether oxygens (including phenoxy) is 1. The lowest BCUT2D eigenvalue weighted by Gasteiger charge is -2.26. The number of hydrogen-bond donors (Lipinski definition) is 0. The maximum Gasteiger partial charge on any atom is 0.254 e. The molecule has 3 rings (SSSR count). The van der Waals surface area contributed by atoms with E-state index in [2.05, 4.69) is 15.9 Å². The van der Waals surface area contributed by atoms with Gasteiger partial charge in [0.05, 0.1) is 17.5 Å². The van der Waals surface area contributed by atoms with Crippen molar-refractivity contribution in [3.8, 4) is 5.75 Å². The first kappa shape index (κ1) is 21.8. The van der Waals surface area contributed by atoms with Crippen LogP contribution in [0.1, 0.15) is 41.7 Å². The Balaban J connectivity index is 1.89. The zero-order valence-electron chi connectivity index (χ0n) is 16.8. The summed E-state index contributed by atoms with van der Waals surface area (Å²) in [4.78, 5) is 15.2. The molecule has 0 aromatic heterocycles. The van der Waals surface area contributed by atoms with E-state index in [1.807, 2.05) is 36.1 Å². The van der Waals surface area contributed by atoms with Crippen LogP contribution in [0.3, 0.4) is 0 Å². The van der Waals surface area contributed by atoms with E-state index in [1.165, 1.54) is 20.2 Å². The largest absolute Gasteiger partial charge is 0.494 e. The van der Waals surface area contributed by atoms with Gasteiger partial charge in [0, 0.05) is 30.7 Å². The third-order valence-electron chi connectivity index (χ3n) is 5.03. The molecule has 0 bridgehead atoms. The number of hydrogen-bond acceptors (Lipinski definition) is 4. The lowest BCUT2D eigenvalue weighted by molar-refractivity contribution is 0.0735. The number of carbonyl (C=O) groups excluding carboxylic acids is 1. The molecule has 0 aliphatic carbocycles. The fourth-order valence-corrected chi connectivity index (χ4v) is 5.35. The Bertz CT molecular complexity index is 990. The number of likely N-dealkylation sites (tertiary alicyclic amines) is 1. The Labute approximate surface area is 180 Å². The Morgan fingerprint density at radius 3 is 2.52 bits per heavy atom. The molecule has 29 heavy (non-hydrogen) atoms. The fourth-order valence-electron chi connectivity index (χ4n) is 3.51. The molecule has 0 spiro atoms. The molecule has 0 N–H and O–H groups in total. The Kier molecular flexibility index (Phi) is 6.65. The smallest absolute Gasteiger partial charge is 0.254 e. The highest BCUT2D eigenvalue weighted by Crippen LogP contribution is 2.35. The number of nitrogens with zero attached hydrogens (tertiary/aromatic N) is 2. The number of carbonyl (C=O) groups is 1. The van der Waals surface area contributed by atoms with Crippen LogP contribution in [-0.2, 0) is 10.0 Å². The molecule has 0 saturated carbocycles. The van der Waals surface area contributed by atoms with Crippen LogP contribution in [0, 0.1) is 0 Å². The third-order valence-corrected chi connectivity index (χ3v) is 7.84. The van der Waals surface area contributed by atoms with Crippen molar-refractivity contribution in [2.75, 3.05) is 27.2 Å². The van der Waals surface area contributed by atoms with Crippen LogP contribution in [0.15, 0.2) is 51.8 Å². The van der Waals surface area contributed by atoms with Crippen molar-refractivity contribution in [2.45, 2.75) is 30.7 Å². The maximum atomic E-state index is 13.2. The van der Waals surface area contributed by atoms with Crippen LogP contribution in [0.5, 0.6) is 5.75 Å². The summed E-state index contributed by atoms with van der Waals surface area (Å²) in [6, 6.07) is 12.5. The topological polar surface area (TPSA) is 66.9 Å². The van der Waals surface area contributed by atoms with Gasteiger partial charge in [-0.25, -0.2) is 12.7 Å². The van der Waals surface area contributed by atoms with Crippen LogP contribution in [0.25, 0.3) is 0 Å². The van der Waals surface area contributed by atoms with Crippen molar-refractivity contribution in [1.82, 2.24) is 9.21 Å². The number of benzene rings is 2. The molecule has 0 radical (unpaired) electrons. The zero-order valence-corrected chi connectivity index (χ0v) is 19.2. The van der Waals surface area contributed by atoms with Crippen molar-refractivity contribution in [1.29, 1.82) is 0 Å². The van der Waals surface area contributed by atoms with Gasteiger partial charge in [0.25, 0.3) is 5.91 Å². The van der Waals surface area contributed by atoms with Gasteiger partial charge in [0.1, 0.15) is 5.75 Å². The predicted octanol–water partition coefficient (Wildman–Crippen LogP) is 4.08. The fraction of sp³-hybridized carbons (Fsp3) is 0.381. The van der Waals surface area contributed by atoms with Gasteiger partial charge in [-0.05, 0) is 71.6 Å². The number of sulfonamides is 1. The number of amides is 1. The first-order valence-corrected chi connectivity index (χ1v) is 11.7. The summed E-state index contributed by atoms with van der Waals surface area (Å²) < 4.78 is 32.2. The molecule has 2 aromatic carbocycles. The minimum absolute atomic E-state index is 0.0317. The average Bonchev–Trinajstić information content (AvgIpc) is 3.18. The molecule has 1 heterocycles. The number of rotatable bonds is 6. The Morgan fingerprint density at radius 1 is 1.21 bits per heavy atom. The van der Waals surface area contributed by atoms with Crippen LogP contribution in [0.2, 0.25) is 0 Å². The van der Waals surface area contributed by atoms with E-state index in [9.17, 15) is 13.2 Å². The molecule has 156 valence electrons. The normalized spacial score (nSPS) is 17.0. The van der Waals surface area contributed by atoms with Gasteiger partial charge >= 0.3 is 0 Å². The SMILES string of the molecule is CCOc1ccc(C2CCCN2C(=O)c2ccc(Br)c(S(=O)(=O)N(C)C)c2)cc1. The molecule has 6 nitrogen and oxygen atoms in total. The summed E-state index contributed by atoms with van der Waals surface area (Å²) in [5, 5.41) is 0. The van der Waals surface area contributed by atoms with Crippen molar-refractivity contribution < 1.29 is 17.9 Å². The van der Waals surface area contributed by atoms with Gasteiger partial charge in [0.2, 0.25) is 10.0 Å². The maximum absolute atomic E-state index is 13.2. The lowest BCUT2D eigenvalue weighted by atomic mass is 10.0. The Hall–Kier alpha value is -1.90. The minimum Gasteiger partial charge on any atom is -0.494 e. The van der Waals surface area contributed by atoms with Crippen molar-refractivity contribution in [2.24, 2.45) is 0 Å². The summed E-state index contributed by atoms with van der Waals surface area (Å²) in [6.45, 7) is 3.19. The van der Waals surface area contributed by atoms with Crippen molar-refractivity contribution >= 4 is 31.9 Å². The van der Waals surface area contributed by atoms with Crippen LogP contribution >= 0.6 is 15.9 Å². The van der Waals surface area contributed by atoms with E-state index >= 15 is 0 Å². The first-order chi connectivity index (χ1) is 13.8. The van der Waals surface area contributed by atoms with E-state index in [0.29, 0.717) is 23.2 Å². The molecule has 1 fully saturated rings. The van der Waals surface area contributed by atoms with E-state index in [0.717, 1.165) is 28.5 Å². The van der Waals surface area contributed by atoms with E-state index in [4.69, 9.17) is 4.74 Å². The second-order valence-corrected chi connectivity index (χ2v) is 10.1. The highest BCUT2D eigenvalue weighted by Gasteiger charge is 2.31. The molecule has 2 aromatic rings. The quantitative estimate of drug-likeness (QED) is 0.624. The minimum atomic E-state index is -3.66. The van der Waals surface area contributed by atoms with Gasteiger partial charge < -0.3 is 9.64 Å². The first-order valence-electron chi connectivity index (χ1n) is 9.51. The van der Waals surface area contributed by atoms with Crippen LogP contribution < -0.4 is 4.74 Å². The number of halogens is 1. The summed E-state index contributed by atoms with van der Waals surface area (Å²) in [5.74, 6) is 0.641. The van der Waals surface area contributed by atoms with E-state index in [1.54, 1.807) is 12.1 Å². The summed E-state index contributed by atoms with van der Waals surface area (Å²) in [6.07, 6.45) is 1.78. The molecule has 8 heteroatoms. The second kappa shape index (κ2) is 8.85. The van der Waals surface area contributed by atoms with Gasteiger partial charge in [-0.2, -0.15) is 0 Å². The monoisotopic (exact) mass is 480 g/mol. The van der Waals surface area contributed by atoms with Crippen LogP contribution in [0.4, 0.5) is 0 Å². The van der Waals surface area contributed by atoms with Crippen LogP contribution in [-0.4, -0.2) is 50.8 Å². The van der Waals surface area contributed by atoms with Crippen molar-refractivity contribution in [3.63, 3.8) is 0 Å². The van der Waals surface area contributed by atoms with Gasteiger partial charge in [-0.1, -0.05) is 12.1 Å². The predicted molar refractivity (Wildman–Crippen MR) is 116 cm³/mol. The van der Waals surface area contributed by atoms with Crippen molar-refractivity contribution in [3.05, 3.63) is 58.1 Å². The summed E-state index contributed by atoms with van der Waals surface area (Å²) in [5.41, 5.74) is 1.42. The highest BCUT2D eigenvalue weighted by molar-refractivity contribution is 9.10.